The minimum absolute atomic E-state index is 0.114. The van der Waals surface area contributed by atoms with Crippen molar-refractivity contribution in [3.8, 4) is 0 Å². The second-order valence-electron chi connectivity index (χ2n) is 4.23. The van der Waals surface area contributed by atoms with Gasteiger partial charge in [0, 0.05) is 26.2 Å². The fourth-order valence-corrected chi connectivity index (χ4v) is 1.53. The van der Waals surface area contributed by atoms with E-state index in [4.69, 9.17) is 5.73 Å². The number of hydrogen-bond donors (Lipinski definition) is 1. The lowest BCUT2D eigenvalue weighted by Crippen LogP contribution is -2.20. The van der Waals surface area contributed by atoms with Crippen LogP contribution in [-0.2, 0) is 0 Å². The third kappa shape index (κ3) is 5.72. The molecule has 0 unspecified atom stereocenters. The van der Waals surface area contributed by atoms with Gasteiger partial charge in [-0.15, -0.1) is 0 Å². The molecule has 116 valence electrons. The first-order valence-corrected chi connectivity index (χ1v) is 7.20. The molecule has 2 N–H and O–H groups in total. The van der Waals surface area contributed by atoms with Gasteiger partial charge in [0.2, 0.25) is 5.95 Å². The van der Waals surface area contributed by atoms with Crippen molar-refractivity contribution in [2.24, 2.45) is 9.98 Å². The molecule has 0 amide bonds. The summed E-state index contributed by atoms with van der Waals surface area (Å²) in [4.78, 5) is 24.6. The quantitative estimate of drug-likeness (QED) is 0.575. The van der Waals surface area contributed by atoms with Crippen molar-refractivity contribution in [1.82, 2.24) is 24.8 Å². The summed E-state index contributed by atoms with van der Waals surface area (Å²) in [5, 5.41) is 0. The lowest BCUT2D eigenvalue weighted by molar-refractivity contribution is 0.479. The normalized spacial score (nSPS) is 11.4. The van der Waals surface area contributed by atoms with Crippen molar-refractivity contribution < 1.29 is 0 Å². The molecule has 8 nitrogen and oxygen atoms in total. The third-order valence-corrected chi connectivity index (χ3v) is 2.93. The summed E-state index contributed by atoms with van der Waals surface area (Å²) < 4.78 is 0. The van der Waals surface area contributed by atoms with Crippen LogP contribution in [0.1, 0.15) is 27.7 Å². The third-order valence-electron chi connectivity index (χ3n) is 2.93. The van der Waals surface area contributed by atoms with Crippen LogP contribution in [-0.4, -0.2) is 63.6 Å². The van der Waals surface area contributed by atoms with Crippen LogP contribution < -0.4 is 5.73 Å². The van der Waals surface area contributed by atoms with Gasteiger partial charge in [-0.05, 0) is 27.7 Å². The predicted octanol–water partition coefficient (Wildman–Crippen LogP) is 1.46. The van der Waals surface area contributed by atoms with Crippen LogP contribution in [0.15, 0.2) is 9.98 Å². The van der Waals surface area contributed by atoms with Gasteiger partial charge < -0.3 is 15.5 Å². The molecule has 0 atom stereocenters. The van der Waals surface area contributed by atoms with Gasteiger partial charge in [0.05, 0.1) is 12.7 Å². The second kappa shape index (κ2) is 8.83. The minimum atomic E-state index is 0.114. The van der Waals surface area contributed by atoms with Crippen molar-refractivity contribution in [2.75, 3.05) is 31.9 Å². The summed E-state index contributed by atoms with van der Waals surface area (Å²) in [6.07, 6.45) is 3.40. The first-order valence-electron chi connectivity index (χ1n) is 7.20. The van der Waals surface area contributed by atoms with Gasteiger partial charge in [-0.3, -0.25) is 0 Å². The Hall–Kier alpha value is -2.25. The van der Waals surface area contributed by atoms with E-state index in [9.17, 15) is 0 Å². The molecule has 21 heavy (non-hydrogen) atoms. The van der Waals surface area contributed by atoms with Crippen LogP contribution in [0.2, 0.25) is 0 Å². The zero-order chi connectivity index (χ0) is 15.7. The molecule has 0 aliphatic rings. The van der Waals surface area contributed by atoms with E-state index in [2.05, 4.69) is 52.6 Å². The van der Waals surface area contributed by atoms with Crippen LogP contribution >= 0.6 is 0 Å². The van der Waals surface area contributed by atoms with E-state index in [0.29, 0.717) is 0 Å². The highest BCUT2D eigenvalue weighted by molar-refractivity contribution is 5.61. The summed E-state index contributed by atoms with van der Waals surface area (Å²) >= 11 is 0. The highest BCUT2D eigenvalue weighted by atomic mass is 15.2. The number of aliphatic imine (C=N–C) groups is 2. The zero-order valence-electron chi connectivity index (χ0n) is 13.2. The van der Waals surface area contributed by atoms with Gasteiger partial charge in [0.1, 0.15) is 0 Å². The highest BCUT2D eigenvalue weighted by Gasteiger charge is 2.02. The van der Waals surface area contributed by atoms with E-state index in [-0.39, 0.29) is 17.8 Å². The maximum atomic E-state index is 5.66. The largest absolute Gasteiger partial charge is 0.368 e. The number of rotatable bonds is 8. The predicted molar refractivity (Wildman–Crippen MR) is 86.4 cm³/mol. The molecule has 0 aliphatic heterocycles. The van der Waals surface area contributed by atoms with Crippen molar-refractivity contribution in [3.63, 3.8) is 0 Å². The maximum absolute atomic E-state index is 5.66. The molecular weight excluding hydrogens is 268 g/mol. The molecule has 0 fully saturated rings. The molecule has 1 rings (SSSR count). The number of nitrogens with zero attached hydrogens (tertiary/aromatic N) is 7. The molecule has 0 saturated carbocycles. The van der Waals surface area contributed by atoms with Gasteiger partial charge >= 0.3 is 0 Å². The number of nitrogens with two attached hydrogens (primary N) is 1. The van der Waals surface area contributed by atoms with Gasteiger partial charge in [-0.25, -0.2) is 9.98 Å². The van der Waals surface area contributed by atoms with E-state index < -0.39 is 0 Å². The molecule has 0 aromatic carbocycles. The average Bonchev–Trinajstić information content (AvgIpc) is 2.49. The molecule has 1 aromatic rings. The Balaban J connectivity index is 2.89. The SMILES string of the molecule is CCN(C=Nc1nc(N)nc(N=CN(CC)CC)n1)CC. The fraction of sp³-hybridized carbons (Fsp3) is 0.615. The molecule has 0 bridgehead atoms. The number of aromatic nitrogens is 3. The standard InChI is InChI=1S/C13H24N8/c1-5-20(6-2)9-15-12-17-11(14)18-13(19-12)16-10-21(7-3)8-4/h9-10H,5-8H2,1-4H3,(H2,14,17,18,19). The molecule has 0 saturated heterocycles. The zero-order valence-corrected chi connectivity index (χ0v) is 13.2. The molecule has 0 radical (unpaired) electrons. The summed E-state index contributed by atoms with van der Waals surface area (Å²) in [6, 6.07) is 0. The smallest absolute Gasteiger partial charge is 0.257 e. The van der Waals surface area contributed by atoms with E-state index >= 15 is 0 Å². The Morgan fingerprint density at radius 3 is 1.52 bits per heavy atom. The van der Waals surface area contributed by atoms with E-state index in [1.54, 1.807) is 12.7 Å². The Kier molecular flexibility index (Phi) is 7.06. The van der Waals surface area contributed by atoms with Crippen LogP contribution in [0.5, 0.6) is 0 Å². The Labute approximate surface area is 125 Å². The van der Waals surface area contributed by atoms with Crippen LogP contribution in [0, 0.1) is 0 Å². The Morgan fingerprint density at radius 1 is 0.810 bits per heavy atom. The van der Waals surface area contributed by atoms with E-state index in [1.807, 2.05) is 9.80 Å². The topological polar surface area (TPSA) is 95.9 Å². The van der Waals surface area contributed by atoms with Crippen molar-refractivity contribution in [3.05, 3.63) is 0 Å². The fourth-order valence-electron chi connectivity index (χ4n) is 1.53. The van der Waals surface area contributed by atoms with E-state index in [0.717, 1.165) is 26.2 Å². The second-order valence-corrected chi connectivity index (χ2v) is 4.23. The highest BCUT2D eigenvalue weighted by Crippen LogP contribution is 2.11. The molecule has 1 heterocycles. The Bertz CT molecular complexity index is 437. The average molecular weight is 292 g/mol. The number of anilines is 1. The summed E-state index contributed by atoms with van der Waals surface area (Å²) in [7, 11) is 0. The van der Waals surface area contributed by atoms with Crippen LogP contribution in [0.4, 0.5) is 17.8 Å². The maximum Gasteiger partial charge on any atom is 0.257 e. The molecule has 1 aromatic heterocycles. The van der Waals surface area contributed by atoms with Gasteiger partial charge in [-0.2, -0.15) is 15.0 Å². The lowest BCUT2D eigenvalue weighted by atomic mass is 10.6. The van der Waals surface area contributed by atoms with Gasteiger partial charge in [-0.1, -0.05) is 0 Å². The minimum Gasteiger partial charge on any atom is -0.368 e. The summed E-state index contributed by atoms with van der Waals surface area (Å²) in [5.74, 6) is 0.644. The Morgan fingerprint density at radius 2 is 1.19 bits per heavy atom. The van der Waals surface area contributed by atoms with Crippen LogP contribution in [0.3, 0.4) is 0 Å². The molecular formula is C13H24N8. The van der Waals surface area contributed by atoms with Crippen molar-refractivity contribution in [2.45, 2.75) is 27.7 Å². The molecule has 8 heteroatoms. The lowest BCUT2D eigenvalue weighted by Gasteiger charge is -2.13. The first-order chi connectivity index (χ1) is 10.1. The van der Waals surface area contributed by atoms with Gasteiger partial charge in [0.25, 0.3) is 11.9 Å². The van der Waals surface area contributed by atoms with Crippen molar-refractivity contribution in [1.29, 1.82) is 0 Å². The number of hydrogen-bond acceptors (Lipinski definition) is 6. The molecule has 0 spiro atoms. The summed E-state index contributed by atoms with van der Waals surface area (Å²) in [5.41, 5.74) is 5.66. The van der Waals surface area contributed by atoms with Crippen LogP contribution in [0.25, 0.3) is 0 Å². The molecule has 0 aliphatic carbocycles. The first kappa shape index (κ1) is 16.8. The monoisotopic (exact) mass is 292 g/mol. The summed E-state index contributed by atoms with van der Waals surface area (Å²) in [6.45, 7) is 11.7. The van der Waals surface area contributed by atoms with E-state index in [1.165, 1.54) is 0 Å². The van der Waals surface area contributed by atoms with Gasteiger partial charge in [0.15, 0.2) is 0 Å². The van der Waals surface area contributed by atoms with Crippen molar-refractivity contribution >= 4 is 30.5 Å². The number of nitrogen functional groups attached to an aromatic ring is 1.